The number of ether oxygens (including phenoxy) is 2. The van der Waals surface area contributed by atoms with E-state index in [0.29, 0.717) is 5.56 Å². The predicted octanol–water partition coefficient (Wildman–Crippen LogP) is 1.45. The molecule has 0 amide bonds. The molecule has 0 spiro atoms. The third-order valence-electron chi connectivity index (χ3n) is 2.36. The number of nitrogens with one attached hydrogen (secondary N) is 1. The maximum absolute atomic E-state index is 11.8. The maximum Gasteiger partial charge on any atom is 0.340 e. The Morgan fingerprint density at radius 3 is 2.05 bits per heavy atom. The molecule has 0 aromatic heterocycles. The van der Waals surface area contributed by atoms with Crippen molar-refractivity contribution in [3.05, 3.63) is 35.9 Å². The quantitative estimate of drug-likeness (QED) is 0.487. The lowest BCUT2D eigenvalue weighted by Gasteiger charge is -2.17. The smallest absolute Gasteiger partial charge is 0.340 e. The monoisotopic (exact) mass is 295 g/mol. The number of hydrogen-bond donors (Lipinski definition) is 1. The Morgan fingerprint density at radius 1 is 1.10 bits per heavy atom. The Hall–Kier alpha value is -1.95. The van der Waals surface area contributed by atoms with Gasteiger partial charge in [-0.1, -0.05) is 42.5 Å². The summed E-state index contributed by atoms with van der Waals surface area (Å²) in [7, 11) is 0. The van der Waals surface area contributed by atoms with Gasteiger partial charge in [0.2, 0.25) is 6.04 Å². The number of esters is 2. The molecule has 0 saturated heterocycles. The van der Waals surface area contributed by atoms with Crippen LogP contribution in [0.2, 0.25) is 0 Å². The van der Waals surface area contributed by atoms with Crippen molar-refractivity contribution in [2.75, 3.05) is 13.2 Å². The van der Waals surface area contributed by atoms with E-state index in [1.165, 1.54) is 0 Å². The van der Waals surface area contributed by atoms with E-state index in [1.807, 2.05) is 18.2 Å². The van der Waals surface area contributed by atoms with Crippen LogP contribution in [0.3, 0.4) is 0 Å². The molecule has 0 heterocycles. The largest absolute Gasteiger partial charge is 0.464 e. The molecule has 0 radical (unpaired) electrons. The van der Waals surface area contributed by atoms with Gasteiger partial charge < -0.3 is 14.8 Å². The van der Waals surface area contributed by atoms with Gasteiger partial charge >= 0.3 is 11.9 Å². The van der Waals surface area contributed by atoms with Crippen LogP contribution in [0.4, 0.5) is 0 Å². The van der Waals surface area contributed by atoms with Crippen molar-refractivity contribution in [2.24, 2.45) is 0 Å². The third-order valence-corrected chi connectivity index (χ3v) is 2.71. The Kier molecular flexibility index (Phi) is 6.66. The Balaban J connectivity index is 2.81. The molecule has 6 heteroatoms. The lowest BCUT2D eigenvalue weighted by molar-refractivity contribution is -0.157. The van der Waals surface area contributed by atoms with Gasteiger partial charge in [0.1, 0.15) is 4.99 Å². The summed E-state index contributed by atoms with van der Waals surface area (Å²) in [6, 6.07) is 7.79. The van der Waals surface area contributed by atoms with Gasteiger partial charge in [-0.05, 0) is 13.8 Å². The first-order valence-corrected chi connectivity index (χ1v) is 6.70. The first-order valence-electron chi connectivity index (χ1n) is 6.29. The van der Waals surface area contributed by atoms with Gasteiger partial charge in [0.25, 0.3) is 0 Å². The van der Waals surface area contributed by atoms with E-state index < -0.39 is 18.0 Å². The summed E-state index contributed by atoms with van der Waals surface area (Å²) in [6.45, 7) is 3.67. The Labute approximate surface area is 123 Å². The molecular formula is C14H17NO4S. The van der Waals surface area contributed by atoms with E-state index in [-0.39, 0.29) is 18.2 Å². The topological polar surface area (TPSA) is 64.6 Å². The van der Waals surface area contributed by atoms with Crippen LogP contribution < -0.4 is 5.32 Å². The van der Waals surface area contributed by atoms with Gasteiger partial charge in [-0.3, -0.25) is 0 Å². The molecular weight excluding hydrogens is 278 g/mol. The fourth-order valence-electron chi connectivity index (χ4n) is 1.47. The number of thiocarbonyl (C=S) groups is 1. The standard InChI is InChI=1S/C14H17NO4S/c1-3-18-13(16)11(14(17)19-4-2)15-12(20)10-8-6-5-7-9-10/h5-9,11H,3-4H2,1-2H3,(H,15,20). The highest BCUT2D eigenvalue weighted by Crippen LogP contribution is 2.02. The minimum atomic E-state index is -1.25. The molecule has 0 bridgehead atoms. The first-order chi connectivity index (χ1) is 9.60. The van der Waals surface area contributed by atoms with Gasteiger partial charge in [-0.2, -0.15) is 0 Å². The molecule has 0 unspecified atom stereocenters. The summed E-state index contributed by atoms with van der Waals surface area (Å²) in [5, 5.41) is 2.68. The van der Waals surface area contributed by atoms with Gasteiger partial charge in [0.05, 0.1) is 13.2 Å². The van der Waals surface area contributed by atoms with Gasteiger partial charge in [-0.15, -0.1) is 0 Å². The van der Waals surface area contributed by atoms with E-state index in [1.54, 1.807) is 26.0 Å². The normalized spacial score (nSPS) is 9.95. The van der Waals surface area contributed by atoms with Crippen molar-refractivity contribution in [1.29, 1.82) is 0 Å². The van der Waals surface area contributed by atoms with E-state index >= 15 is 0 Å². The fraction of sp³-hybridized carbons (Fsp3) is 0.357. The minimum Gasteiger partial charge on any atom is -0.464 e. The molecule has 1 N–H and O–H groups in total. The first kappa shape index (κ1) is 16.1. The zero-order valence-electron chi connectivity index (χ0n) is 11.4. The predicted molar refractivity (Wildman–Crippen MR) is 78.3 cm³/mol. The Bertz CT molecular complexity index is 457. The summed E-state index contributed by atoms with van der Waals surface area (Å²) in [4.78, 5) is 23.9. The van der Waals surface area contributed by atoms with Crippen LogP contribution in [-0.4, -0.2) is 36.2 Å². The molecule has 0 atom stereocenters. The van der Waals surface area contributed by atoms with E-state index in [2.05, 4.69) is 5.32 Å². The van der Waals surface area contributed by atoms with Crippen LogP contribution >= 0.6 is 12.2 Å². The van der Waals surface area contributed by atoms with Crippen LogP contribution in [0.15, 0.2) is 30.3 Å². The Morgan fingerprint density at radius 2 is 1.60 bits per heavy atom. The lowest BCUT2D eigenvalue weighted by atomic mass is 10.2. The molecule has 108 valence electrons. The average molecular weight is 295 g/mol. The van der Waals surface area contributed by atoms with Crippen LogP contribution in [0.1, 0.15) is 19.4 Å². The third kappa shape index (κ3) is 4.62. The fourth-order valence-corrected chi connectivity index (χ4v) is 1.72. The highest BCUT2D eigenvalue weighted by molar-refractivity contribution is 7.80. The highest BCUT2D eigenvalue weighted by Gasteiger charge is 2.30. The minimum absolute atomic E-state index is 0.175. The van der Waals surface area contributed by atoms with Crippen LogP contribution in [0.25, 0.3) is 0 Å². The lowest BCUT2D eigenvalue weighted by Crippen LogP contribution is -2.48. The van der Waals surface area contributed by atoms with E-state index in [0.717, 1.165) is 0 Å². The SMILES string of the molecule is CCOC(=O)C(NC(=S)c1ccccc1)C(=O)OCC. The maximum atomic E-state index is 11.8. The molecule has 20 heavy (non-hydrogen) atoms. The molecule has 1 aromatic carbocycles. The molecule has 0 saturated carbocycles. The van der Waals surface area contributed by atoms with Crippen molar-refractivity contribution >= 4 is 29.1 Å². The van der Waals surface area contributed by atoms with Crippen molar-refractivity contribution in [2.45, 2.75) is 19.9 Å². The van der Waals surface area contributed by atoms with Crippen molar-refractivity contribution in [3.63, 3.8) is 0 Å². The molecule has 0 aliphatic carbocycles. The van der Waals surface area contributed by atoms with Crippen LogP contribution in [0, 0.1) is 0 Å². The second-order valence-corrected chi connectivity index (χ2v) is 4.18. The number of carbonyl (C=O) groups is 2. The summed E-state index contributed by atoms with van der Waals surface area (Å²) < 4.78 is 9.69. The number of carbonyl (C=O) groups excluding carboxylic acids is 2. The summed E-state index contributed by atoms with van der Waals surface area (Å²) in [6.07, 6.45) is 0. The number of benzene rings is 1. The molecule has 5 nitrogen and oxygen atoms in total. The van der Waals surface area contributed by atoms with Crippen molar-refractivity contribution in [3.8, 4) is 0 Å². The molecule has 1 rings (SSSR count). The van der Waals surface area contributed by atoms with Crippen LogP contribution in [0.5, 0.6) is 0 Å². The highest BCUT2D eigenvalue weighted by atomic mass is 32.1. The van der Waals surface area contributed by atoms with Crippen LogP contribution in [-0.2, 0) is 19.1 Å². The van der Waals surface area contributed by atoms with E-state index in [9.17, 15) is 9.59 Å². The average Bonchev–Trinajstić information content (AvgIpc) is 2.45. The number of hydrogen-bond acceptors (Lipinski definition) is 5. The number of rotatable bonds is 6. The summed E-state index contributed by atoms with van der Waals surface area (Å²) in [5.41, 5.74) is 0.709. The second kappa shape index (κ2) is 8.27. The van der Waals surface area contributed by atoms with Gasteiger partial charge in [0.15, 0.2) is 0 Å². The molecule has 0 fully saturated rings. The summed E-state index contributed by atoms with van der Waals surface area (Å²) >= 11 is 5.18. The van der Waals surface area contributed by atoms with Gasteiger partial charge in [0, 0.05) is 5.56 Å². The molecule has 1 aromatic rings. The van der Waals surface area contributed by atoms with Crippen molar-refractivity contribution in [1.82, 2.24) is 5.32 Å². The van der Waals surface area contributed by atoms with E-state index in [4.69, 9.17) is 21.7 Å². The molecule has 0 aliphatic rings. The second-order valence-electron chi connectivity index (χ2n) is 3.78. The zero-order chi connectivity index (χ0) is 15.0. The summed E-state index contributed by atoms with van der Waals surface area (Å²) in [5.74, 6) is -1.41. The molecule has 0 aliphatic heterocycles. The zero-order valence-corrected chi connectivity index (χ0v) is 12.2. The van der Waals surface area contributed by atoms with Gasteiger partial charge in [-0.25, -0.2) is 9.59 Å². The van der Waals surface area contributed by atoms with Crippen molar-refractivity contribution < 1.29 is 19.1 Å².